The molecule has 2 heterocycles. The number of carbonyl (C=O) groups is 2. The van der Waals surface area contributed by atoms with Crippen molar-refractivity contribution in [3.63, 3.8) is 0 Å². The van der Waals surface area contributed by atoms with Gasteiger partial charge >= 0.3 is 5.97 Å². The lowest BCUT2D eigenvalue weighted by molar-refractivity contribution is -0.144. The van der Waals surface area contributed by atoms with Gasteiger partial charge in [0.1, 0.15) is 11.6 Å². The summed E-state index contributed by atoms with van der Waals surface area (Å²) >= 11 is 0. The number of halogens is 2. The van der Waals surface area contributed by atoms with E-state index >= 15 is 0 Å². The first-order valence-corrected chi connectivity index (χ1v) is 8.44. The molecule has 3 rings (SSSR count). The number of likely N-dealkylation sites (tertiary alicyclic amines) is 1. The normalized spacial score (nSPS) is 19.8. The molecule has 0 bridgehead atoms. The van der Waals surface area contributed by atoms with Crippen LogP contribution in [0.15, 0.2) is 28.8 Å². The number of hydrogen-bond acceptors (Lipinski definition) is 6. The number of carboxylic acid groups (broad SMARTS) is 1. The van der Waals surface area contributed by atoms with Crippen molar-refractivity contribution in [2.75, 3.05) is 19.6 Å². The lowest BCUT2D eigenvalue weighted by Gasteiger charge is -2.35. The Morgan fingerprint density at radius 2 is 2.18 bits per heavy atom. The van der Waals surface area contributed by atoms with Gasteiger partial charge in [-0.1, -0.05) is 5.16 Å². The average Bonchev–Trinajstić information content (AvgIpc) is 3.13. The van der Waals surface area contributed by atoms with Crippen molar-refractivity contribution in [1.29, 1.82) is 5.26 Å². The minimum atomic E-state index is -1.08. The van der Waals surface area contributed by atoms with Gasteiger partial charge in [0.05, 0.1) is 24.1 Å². The number of nitrogens with one attached hydrogen (secondary N) is 1. The number of aromatic nitrogens is 1. The van der Waals surface area contributed by atoms with Gasteiger partial charge in [-0.2, -0.15) is 5.26 Å². The smallest absolute Gasteiger partial charge is 0.309 e. The van der Waals surface area contributed by atoms with E-state index in [4.69, 9.17) is 9.78 Å². The first-order valence-electron chi connectivity index (χ1n) is 8.44. The Kier molecular flexibility index (Phi) is 5.65. The van der Waals surface area contributed by atoms with E-state index in [0.29, 0.717) is 19.0 Å². The van der Waals surface area contributed by atoms with Gasteiger partial charge in [0, 0.05) is 31.3 Å². The molecule has 0 saturated carbocycles. The van der Waals surface area contributed by atoms with Crippen molar-refractivity contribution in [3.05, 3.63) is 41.6 Å². The number of benzene rings is 1. The third-order valence-corrected chi connectivity index (χ3v) is 4.56. The SMILES string of the molecule is N#CCN1CC[C@H](NC(=O)c2cc(-c3ccc(F)cc3F)on2)[C@@H](C(=O)O)C1. The first-order chi connectivity index (χ1) is 13.4. The van der Waals surface area contributed by atoms with E-state index in [2.05, 4.69) is 10.5 Å². The minimum absolute atomic E-state index is 0.0544. The van der Waals surface area contributed by atoms with Crippen molar-refractivity contribution < 1.29 is 28.0 Å². The molecule has 8 nitrogen and oxygen atoms in total. The van der Waals surface area contributed by atoms with Gasteiger partial charge in [-0.25, -0.2) is 8.78 Å². The van der Waals surface area contributed by atoms with Crippen LogP contribution in [0.3, 0.4) is 0 Å². The Balaban J connectivity index is 1.72. The zero-order chi connectivity index (χ0) is 20.3. The lowest BCUT2D eigenvalue weighted by Crippen LogP contribution is -2.53. The maximum Gasteiger partial charge on any atom is 0.309 e. The second-order valence-electron chi connectivity index (χ2n) is 6.41. The highest BCUT2D eigenvalue weighted by Gasteiger charge is 2.35. The van der Waals surface area contributed by atoms with Gasteiger partial charge in [0.2, 0.25) is 0 Å². The zero-order valence-corrected chi connectivity index (χ0v) is 14.6. The highest BCUT2D eigenvalue weighted by Crippen LogP contribution is 2.24. The summed E-state index contributed by atoms with van der Waals surface area (Å²) in [5.41, 5.74) is -0.205. The number of amides is 1. The Morgan fingerprint density at radius 3 is 2.86 bits per heavy atom. The fourth-order valence-electron chi connectivity index (χ4n) is 3.13. The molecule has 2 N–H and O–H groups in total. The van der Waals surface area contributed by atoms with E-state index in [0.717, 1.165) is 12.1 Å². The van der Waals surface area contributed by atoms with Crippen LogP contribution in [0.4, 0.5) is 8.78 Å². The van der Waals surface area contributed by atoms with Crippen LogP contribution in [0.5, 0.6) is 0 Å². The van der Waals surface area contributed by atoms with Crippen LogP contribution in [-0.4, -0.2) is 52.7 Å². The predicted molar refractivity (Wildman–Crippen MR) is 90.9 cm³/mol. The van der Waals surface area contributed by atoms with Crippen LogP contribution in [0.25, 0.3) is 11.3 Å². The number of rotatable bonds is 5. The number of carboxylic acids is 1. The van der Waals surface area contributed by atoms with Crippen LogP contribution in [0.1, 0.15) is 16.9 Å². The number of aliphatic carboxylic acids is 1. The maximum atomic E-state index is 13.8. The topological polar surface area (TPSA) is 119 Å². The van der Waals surface area contributed by atoms with Crippen molar-refractivity contribution in [2.45, 2.75) is 12.5 Å². The molecule has 0 radical (unpaired) electrons. The van der Waals surface area contributed by atoms with E-state index in [1.807, 2.05) is 6.07 Å². The number of nitrogens with zero attached hydrogens (tertiary/aromatic N) is 3. The number of nitriles is 1. The van der Waals surface area contributed by atoms with Gasteiger partial charge in [0.25, 0.3) is 5.91 Å². The Hall–Kier alpha value is -3.32. The highest BCUT2D eigenvalue weighted by molar-refractivity contribution is 5.93. The second-order valence-corrected chi connectivity index (χ2v) is 6.41. The van der Waals surface area contributed by atoms with E-state index in [1.165, 1.54) is 6.07 Å². The fraction of sp³-hybridized carbons (Fsp3) is 0.333. The molecule has 1 aromatic carbocycles. The Labute approximate surface area is 158 Å². The van der Waals surface area contributed by atoms with Gasteiger partial charge in [-0.3, -0.25) is 14.5 Å². The summed E-state index contributed by atoms with van der Waals surface area (Å²) in [5.74, 6) is -4.29. The first kappa shape index (κ1) is 19.4. The molecule has 1 aromatic heterocycles. The minimum Gasteiger partial charge on any atom is -0.481 e. The van der Waals surface area contributed by atoms with Crippen LogP contribution in [0.2, 0.25) is 0 Å². The molecule has 1 aliphatic rings. The number of carbonyl (C=O) groups excluding carboxylic acids is 1. The summed E-state index contributed by atoms with van der Waals surface area (Å²) in [6, 6.07) is 5.42. The van der Waals surface area contributed by atoms with Crippen molar-refractivity contribution in [2.24, 2.45) is 5.92 Å². The molecule has 0 unspecified atom stereocenters. The molecule has 146 valence electrons. The summed E-state index contributed by atoms with van der Waals surface area (Å²) in [4.78, 5) is 25.6. The van der Waals surface area contributed by atoms with Crippen molar-refractivity contribution in [1.82, 2.24) is 15.4 Å². The number of piperidine rings is 1. The van der Waals surface area contributed by atoms with E-state index < -0.39 is 35.5 Å². The quantitative estimate of drug-likeness (QED) is 0.745. The van der Waals surface area contributed by atoms with Crippen LogP contribution in [0, 0.1) is 28.9 Å². The highest BCUT2D eigenvalue weighted by atomic mass is 19.1. The molecule has 1 saturated heterocycles. The molecule has 28 heavy (non-hydrogen) atoms. The molecule has 2 aromatic rings. The summed E-state index contributed by atoms with van der Waals surface area (Å²) < 4.78 is 31.8. The monoisotopic (exact) mass is 390 g/mol. The van der Waals surface area contributed by atoms with E-state index in [1.54, 1.807) is 4.90 Å². The molecule has 1 fully saturated rings. The standard InChI is InChI=1S/C18H16F2N4O4/c19-10-1-2-11(13(20)7-10)16-8-15(23-28-16)17(25)22-14-3-5-24(6-4-21)9-12(14)18(26)27/h1-2,7-8,12,14H,3,5-6,9H2,(H,22,25)(H,26,27)/t12-,14-/m0/s1. The number of hydrogen-bond donors (Lipinski definition) is 2. The molecular weight excluding hydrogens is 374 g/mol. The molecule has 1 amide bonds. The Bertz CT molecular complexity index is 940. The predicted octanol–water partition coefficient (Wildman–Crippen LogP) is 1.65. The van der Waals surface area contributed by atoms with Crippen LogP contribution in [-0.2, 0) is 4.79 Å². The summed E-state index contributed by atoms with van der Waals surface area (Å²) in [5, 5.41) is 24.4. The van der Waals surface area contributed by atoms with Crippen LogP contribution < -0.4 is 5.32 Å². The molecular formula is C18H16F2N4O4. The van der Waals surface area contributed by atoms with Crippen molar-refractivity contribution >= 4 is 11.9 Å². The zero-order valence-electron chi connectivity index (χ0n) is 14.6. The van der Waals surface area contributed by atoms with Gasteiger partial charge < -0.3 is 14.9 Å². The maximum absolute atomic E-state index is 13.8. The third kappa shape index (κ3) is 4.15. The van der Waals surface area contributed by atoms with Gasteiger partial charge in [-0.05, 0) is 18.6 Å². The molecule has 1 aliphatic heterocycles. The summed E-state index contributed by atoms with van der Waals surface area (Å²) in [6.45, 7) is 0.714. The van der Waals surface area contributed by atoms with E-state index in [-0.39, 0.29) is 30.1 Å². The van der Waals surface area contributed by atoms with E-state index in [9.17, 15) is 23.5 Å². The molecule has 0 spiro atoms. The molecule has 2 atom stereocenters. The summed E-state index contributed by atoms with van der Waals surface area (Å²) in [7, 11) is 0. The van der Waals surface area contributed by atoms with Gasteiger partial charge in [-0.15, -0.1) is 0 Å². The molecule has 10 heteroatoms. The second kappa shape index (κ2) is 8.14. The van der Waals surface area contributed by atoms with Crippen molar-refractivity contribution in [3.8, 4) is 17.4 Å². The fourth-order valence-corrected chi connectivity index (χ4v) is 3.13. The van der Waals surface area contributed by atoms with Crippen LogP contribution >= 0.6 is 0 Å². The third-order valence-electron chi connectivity index (χ3n) is 4.56. The summed E-state index contributed by atoms with van der Waals surface area (Å²) in [6.07, 6.45) is 0.349. The largest absolute Gasteiger partial charge is 0.481 e. The Morgan fingerprint density at radius 1 is 1.39 bits per heavy atom. The van der Waals surface area contributed by atoms with Gasteiger partial charge in [0.15, 0.2) is 11.5 Å². The average molecular weight is 390 g/mol. The molecule has 0 aliphatic carbocycles. The lowest BCUT2D eigenvalue weighted by atomic mass is 9.92.